The normalized spacial score (nSPS) is 15.1. The minimum atomic E-state index is 0.476. The molecule has 0 aromatic heterocycles. The van der Waals surface area contributed by atoms with Gasteiger partial charge in [-0.3, -0.25) is 0 Å². The van der Waals surface area contributed by atoms with Gasteiger partial charge in [-0.2, -0.15) is 0 Å². The lowest BCUT2D eigenvalue weighted by molar-refractivity contribution is 0.633. The third-order valence-corrected chi connectivity index (χ3v) is 4.50. The molecule has 0 radical (unpaired) electrons. The maximum Gasteiger partial charge on any atom is -0.000812 e. The fraction of sp³-hybridized carbons (Fsp3) is 0.368. The van der Waals surface area contributed by atoms with Crippen LogP contribution in [0.15, 0.2) is 48.5 Å². The summed E-state index contributed by atoms with van der Waals surface area (Å²) in [4.78, 5) is 0. The number of hydrogen-bond donors (Lipinski definition) is 1. The van der Waals surface area contributed by atoms with Crippen LogP contribution in [0.5, 0.6) is 0 Å². The summed E-state index contributed by atoms with van der Waals surface area (Å²) in [7, 11) is 0. The molecule has 0 spiro atoms. The van der Waals surface area contributed by atoms with E-state index >= 15 is 0 Å². The van der Waals surface area contributed by atoms with Crippen LogP contribution in [-0.4, -0.2) is 6.54 Å². The first-order chi connectivity index (χ1) is 9.86. The Morgan fingerprint density at radius 3 is 2.55 bits per heavy atom. The molecule has 2 aromatic carbocycles. The van der Waals surface area contributed by atoms with Crippen LogP contribution in [0, 0.1) is 0 Å². The van der Waals surface area contributed by atoms with Crippen LogP contribution in [0.2, 0.25) is 0 Å². The van der Waals surface area contributed by atoms with Crippen LogP contribution in [0.3, 0.4) is 0 Å². The molecule has 1 atom stereocenters. The summed E-state index contributed by atoms with van der Waals surface area (Å²) in [6.07, 6.45) is 6.13. The standard InChI is InChI=1S/C19H23N/c20-14-19(16-5-2-1-3-6-16)12-10-15-9-11-17-7-4-8-18(17)13-15/h1-3,5-6,9,11,13,19H,4,7-8,10,12,14,20H2. The lowest BCUT2D eigenvalue weighted by Crippen LogP contribution is -2.13. The van der Waals surface area contributed by atoms with Crippen molar-refractivity contribution in [3.8, 4) is 0 Å². The molecule has 0 saturated heterocycles. The monoisotopic (exact) mass is 265 g/mol. The number of fused-ring (bicyclic) bond motifs is 1. The number of aryl methyl sites for hydroxylation is 3. The highest BCUT2D eigenvalue weighted by molar-refractivity contribution is 5.35. The van der Waals surface area contributed by atoms with E-state index in [9.17, 15) is 0 Å². The smallest absolute Gasteiger partial charge is 0.000812 e. The van der Waals surface area contributed by atoms with Crippen molar-refractivity contribution >= 4 is 0 Å². The molecule has 0 bridgehead atoms. The van der Waals surface area contributed by atoms with E-state index in [1.54, 1.807) is 11.1 Å². The second-order valence-electron chi connectivity index (χ2n) is 5.84. The molecule has 0 saturated carbocycles. The van der Waals surface area contributed by atoms with Crippen LogP contribution in [0.4, 0.5) is 0 Å². The summed E-state index contributed by atoms with van der Waals surface area (Å²) in [5.74, 6) is 0.476. The van der Waals surface area contributed by atoms with Gasteiger partial charge >= 0.3 is 0 Å². The zero-order chi connectivity index (χ0) is 13.8. The Balaban J connectivity index is 1.66. The third-order valence-electron chi connectivity index (χ3n) is 4.50. The molecule has 3 rings (SSSR count). The topological polar surface area (TPSA) is 26.0 Å². The first-order valence-corrected chi connectivity index (χ1v) is 7.72. The van der Waals surface area contributed by atoms with Crippen molar-refractivity contribution in [3.63, 3.8) is 0 Å². The zero-order valence-electron chi connectivity index (χ0n) is 12.0. The van der Waals surface area contributed by atoms with Gasteiger partial charge in [0.15, 0.2) is 0 Å². The number of benzene rings is 2. The molecular formula is C19H23N. The Labute approximate surface area is 121 Å². The van der Waals surface area contributed by atoms with Gasteiger partial charge in [0.05, 0.1) is 0 Å². The molecule has 0 amide bonds. The van der Waals surface area contributed by atoms with E-state index < -0.39 is 0 Å². The summed E-state index contributed by atoms with van der Waals surface area (Å²) in [6, 6.07) is 17.7. The molecule has 1 nitrogen and oxygen atoms in total. The molecule has 1 heteroatoms. The van der Waals surface area contributed by atoms with Gasteiger partial charge in [-0.15, -0.1) is 0 Å². The molecule has 1 aliphatic rings. The van der Waals surface area contributed by atoms with E-state index in [1.807, 2.05) is 0 Å². The average Bonchev–Trinajstić information content (AvgIpc) is 2.96. The summed E-state index contributed by atoms with van der Waals surface area (Å²) in [5.41, 5.74) is 11.9. The van der Waals surface area contributed by atoms with E-state index in [-0.39, 0.29) is 0 Å². The second-order valence-corrected chi connectivity index (χ2v) is 5.84. The van der Waals surface area contributed by atoms with E-state index in [0.717, 1.165) is 19.4 Å². The number of rotatable bonds is 5. The van der Waals surface area contributed by atoms with Gasteiger partial charge in [0.1, 0.15) is 0 Å². The summed E-state index contributed by atoms with van der Waals surface area (Å²) in [6.45, 7) is 0.731. The van der Waals surface area contributed by atoms with Crippen molar-refractivity contribution in [2.45, 2.75) is 38.0 Å². The Hall–Kier alpha value is -1.60. The van der Waals surface area contributed by atoms with Crippen LogP contribution < -0.4 is 5.73 Å². The largest absolute Gasteiger partial charge is 0.330 e. The maximum atomic E-state index is 5.96. The van der Waals surface area contributed by atoms with Crippen LogP contribution in [-0.2, 0) is 19.3 Å². The van der Waals surface area contributed by atoms with Gasteiger partial charge in [-0.05, 0) is 66.8 Å². The summed E-state index contributed by atoms with van der Waals surface area (Å²) >= 11 is 0. The Morgan fingerprint density at radius 1 is 0.950 bits per heavy atom. The van der Waals surface area contributed by atoms with Crippen molar-refractivity contribution in [1.29, 1.82) is 0 Å². The lowest BCUT2D eigenvalue weighted by Gasteiger charge is -2.15. The quantitative estimate of drug-likeness (QED) is 0.873. The molecule has 0 heterocycles. The van der Waals surface area contributed by atoms with Crippen LogP contribution >= 0.6 is 0 Å². The zero-order valence-corrected chi connectivity index (χ0v) is 12.0. The van der Waals surface area contributed by atoms with Crippen molar-refractivity contribution in [2.24, 2.45) is 5.73 Å². The van der Waals surface area contributed by atoms with E-state index in [4.69, 9.17) is 5.73 Å². The average molecular weight is 265 g/mol. The van der Waals surface area contributed by atoms with Crippen molar-refractivity contribution in [3.05, 3.63) is 70.8 Å². The molecule has 1 unspecified atom stereocenters. The van der Waals surface area contributed by atoms with Crippen molar-refractivity contribution in [2.75, 3.05) is 6.54 Å². The number of nitrogens with two attached hydrogens (primary N) is 1. The molecule has 1 aliphatic carbocycles. The van der Waals surface area contributed by atoms with Crippen LogP contribution in [0.1, 0.15) is 41.0 Å². The third kappa shape index (κ3) is 2.94. The van der Waals surface area contributed by atoms with E-state index in [0.29, 0.717) is 5.92 Å². The van der Waals surface area contributed by atoms with E-state index in [1.165, 1.54) is 30.4 Å². The molecule has 20 heavy (non-hydrogen) atoms. The first kappa shape index (κ1) is 13.4. The van der Waals surface area contributed by atoms with E-state index in [2.05, 4.69) is 48.5 Å². The summed E-state index contributed by atoms with van der Waals surface area (Å²) in [5, 5.41) is 0. The predicted octanol–water partition coefficient (Wildman–Crippen LogP) is 3.85. The Kier molecular flexibility index (Phi) is 4.17. The maximum absolute atomic E-state index is 5.96. The van der Waals surface area contributed by atoms with Gasteiger partial charge in [-0.25, -0.2) is 0 Å². The fourth-order valence-electron chi connectivity index (χ4n) is 3.27. The van der Waals surface area contributed by atoms with Gasteiger partial charge in [-0.1, -0.05) is 48.5 Å². The summed E-state index contributed by atoms with van der Waals surface area (Å²) < 4.78 is 0. The molecule has 2 aromatic rings. The van der Waals surface area contributed by atoms with Gasteiger partial charge in [0.2, 0.25) is 0 Å². The van der Waals surface area contributed by atoms with Gasteiger partial charge < -0.3 is 5.73 Å². The predicted molar refractivity (Wildman–Crippen MR) is 85.0 cm³/mol. The van der Waals surface area contributed by atoms with Gasteiger partial charge in [0.25, 0.3) is 0 Å². The lowest BCUT2D eigenvalue weighted by atomic mass is 9.92. The number of hydrogen-bond acceptors (Lipinski definition) is 1. The van der Waals surface area contributed by atoms with Gasteiger partial charge in [0, 0.05) is 0 Å². The SMILES string of the molecule is NCC(CCc1ccc2c(c1)CCC2)c1ccccc1. The van der Waals surface area contributed by atoms with Crippen molar-refractivity contribution in [1.82, 2.24) is 0 Å². The van der Waals surface area contributed by atoms with Crippen LogP contribution in [0.25, 0.3) is 0 Å². The Bertz CT molecular complexity index is 559. The Morgan fingerprint density at radius 2 is 1.75 bits per heavy atom. The molecule has 2 N–H and O–H groups in total. The molecular weight excluding hydrogens is 242 g/mol. The minimum absolute atomic E-state index is 0.476. The van der Waals surface area contributed by atoms with Crippen molar-refractivity contribution < 1.29 is 0 Å². The minimum Gasteiger partial charge on any atom is -0.330 e. The highest BCUT2D eigenvalue weighted by Crippen LogP contribution is 2.25. The second kappa shape index (κ2) is 6.23. The first-order valence-electron chi connectivity index (χ1n) is 7.72. The highest BCUT2D eigenvalue weighted by atomic mass is 14.5. The highest BCUT2D eigenvalue weighted by Gasteiger charge is 2.13. The fourth-order valence-corrected chi connectivity index (χ4v) is 3.27. The molecule has 0 aliphatic heterocycles. The molecule has 104 valence electrons. The molecule has 0 fully saturated rings.